The van der Waals surface area contributed by atoms with Gasteiger partial charge < -0.3 is 9.72 Å². The number of aryl methyl sites for hydroxylation is 1. The highest BCUT2D eigenvalue weighted by Gasteiger charge is 2.16. The van der Waals surface area contributed by atoms with E-state index in [1.54, 1.807) is 19.6 Å². The van der Waals surface area contributed by atoms with Crippen LogP contribution in [0.25, 0.3) is 16.6 Å². The number of para-hydroxylation sites is 1. The molecule has 4 aromatic rings. The molecule has 2 aromatic carbocycles. The number of Topliss-reactive ketones (excluding diaryl/α,β-unsaturated/α-hetero) is 1. The molecule has 0 saturated carbocycles. The molecule has 4 rings (SSSR count). The van der Waals surface area contributed by atoms with Crippen LogP contribution in [-0.2, 0) is 6.42 Å². The monoisotopic (exact) mass is 392 g/mol. The van der Waals surface area contributed by atoms with Crippen LogP contribution in [0.1, 0.15) is 22.8 Å². The van der Waals surface area contributed by atoms with Gasteiger partial charge >= 0.3 is 0 Å². The van der Waals surface area contributed by atoms with E-state index in [0.717, 1.165) is 28.8 Å². The molecule has 0 amide bonds. The maximum atomic E-state index is 12.8. The Hall–Kier alpha value is -3.06. The zero-order valence-electron chi connectivity index (χ0n) is 15.7. The molecule has 0 radical (unpaired) electrons. The average molecular weight is 392 g/mol. The number of benzene rings is 2. The minimum Gasteiger partial charge on any atom is -0.497 e. The van der Waals surface area contributed by atoms with Crippen LogP contribution >= 0.6 is 11.8 Å². The molecule has 0 aliphatic heterocycles. The van der Waals surface area contributed by atoms with E-state index in [0.29, 0.717) is 10.7 Å². The van der Waals surface area contributed by atoms with E-state index in [1.807, 2.05) is 41.0 Å². The average Bonchev–Trinajstić information content (AvgIpc) is 3.39. The number of aromatic amines is 1. The molecular weight excluding hydrogens is 372 g/mol. The number of fused-ring (bicyclic) bond motifs is 1. The van der Waals surface area contributed by atoms with Crippen LogP contribution in [-0.4, -0.2) is 38.4 Å². The lowest BCUT2D eigenvalue weighted by Crippen LogP contribution is -2.03. The number of nitrogens with one attached hydrogen (secondary N) is 1. The second-order valence-corrected chi connectivity index (χ2v) is 7.23. The molecule has 28 heavy (non-hydrogen) atoms. The predicted molar refractivity (Wildman–Crippen MR) is 111 cm³/mol. The van der Waals surface area contributed by atoms with Crippen LogP contribution in [0.3, 0.4) is 0 Å². The number of ketones is 1. The summed E-state index contributed by atoms with van der Waals surface area (Å²) in [6.45, 7) is 2.11. The minimum absolute atomic E-state index is 0.0637. The highest BCUT2D eigenvalue weighted by atomic mass is 32.2. The van der Waals surface area contributed by atoms with E-state index in [1.165, 1.54) is 17.3 Å². The van der Waals surface area contributed by atoms with Gasteiger partial charge in [-0.25, -0.2) is 0 Å². The van der Waals surface area contributed by atoms with Crippen molar-refractivity contribution in [3.8, 4) is 11.4 Å². The van der Waals surface area contributed by atoms with Gasteiger partial charge in [0.25, 0.3) is 0 Å². The number of carbonyl (C=O) groups is 1. The fourth-order valence-corrected chi connectivity index (χ4v) is 4.01. The number of carbonyl (C=O) groups excluding carboxylic acids is 1. The maximum absolute atomic E-state index is 12.8. The number of nitrogens with zero attached hydrogens (tertiary/aromatic N) is 3. The summed E-state index contributed by atoms with van der Waals surface area (Å²) < 4.78 is 7.06. The van der Waals surface area contributed by atoms with Gasteiger partial charge in [-0.05, 0) is 36.2 Å². The molecule has 142 valence electrons. The number of methoxy groups -OCH3 is 1. The molecule has 6 nitrogen and oxygen atoms in total. The van der Waals surface area contributed by atoms with Crippen molar-refractivity contribution in [2.45, 2.75) is 18.5 Å². The lowest BCUT2D eigenvalue weighted by molar-refractivity contribution is 0.102. The highest BCUT2D eigenvalue weighted by molar-refractivity contribution is 7.99. The molecule has 0 bridgehead atoms. The van der Waals surface area contributed by atoms with Crippen LogP contribution in [0.2, 0.25) is 0 Å². The standard InChI is InChI=1S/C21H20N4O2S/c1-3-14-5-4-6-17-18(11-22-20(14)17)19(26)12-28-21-24-23-13-25(21)15-7-9-16(27-2)10-8-15/h4-11,13,22H,3,12H2,1-2H3. The van der Waals surface area contributed by atoms with Gasteiger partial charge in [-0.3, -0.25) is 9.36 Å². The zero-order chi connectivity index (χ0) is 19.5. The van der Waals surface area contributed by atoms with Gasteiger partial charge in [0, 0.05) is 28.4 Å². The smallest absolute Gasteiger partial charge is 0.196 e. The number of rotatable bonds is 7. The molecule has 0 spiro atoms. The Kier molecular flexibility index (Phi) is 5.16. The summed E-state index contributed by atoms with van der Waals surface area (Å²) in [7, 11) is 1.63. The minimum atomic E-state index is 0.0637. The topological polar surface area (TPSA) is 72.8 Å². The second-order valence-electron chi connectivity index (χ2n) is 6.29. The second kappa shape index (κ2) is 7.90. The Morgan fingerprint density at radius 3 is 2.79 bits per heavy atom. The first kappa shape index (κ1) is 18.3. The Morgan fingerprint density at radius 1 is 1.21 bits per heavy atom. The molecule has 0 aliphatic rings. The third-order valence-electron chi connectivity index (χ3n) is 4.68. The Balaban J connectivity index is 1.53. The molecule has 2 heterocycles. The molecule has 0 fully saturated rings. The Bertz CT molecular complexity index is 1120. The number of thioether (sulfide) groups is 1. The molecule has 2 aromatic heterocycles. The number of ether oxygens (including phenoxy) is 1. The first-order chi connectivity index (χ1) is 13.7. The number of hydrogen-bond donors (Lipinski definition) is 1. The highest BCUT2D eigenvalue weighted by Crippen LogP contribution is 2.26. The van der Waals surface area contributed by atoms with Crippen LogP contribution in [0.15, 0.2) is 60.1 Å². The van der Waals surface area contributed by atoms with E-state index in [9.17, 15) is 4.79 Å². The van der Waals surface area contributed by atoms with Crippen molar-refractivity contribution in [3.63, 3.8) is 0 Å². The van der Waals surface area contributed by atoms with Gasteiger partial charge in [0.15, 0.2) is 10.9 Å². The van der Waals surface area contributed by atoms with E-state index < -0.39 is 0 Å². The van der Waals surface area contributed by atoms with Crippen molar-refractivity contribution in [1.82, 2.24) is 19.7 Å². The summed E-state index contributed by atoms with van der Waals surface area (Å²) in [5.41, 5.74) is 3.89. The van der Waals surface area contributed by atoms with Crippen molar-refractivity contribution in [3.05, 3.63) is 66.1 Å². The summed E-state index contributed by atoms with van der Waals surface area (Å²) in [5.74, 6) is 1.14. The summed E-state index contributed by atoms with van der Waals surface area (Å²) in [6, 6.07) is 13.7. The maximum Gasteiger partial charge on any atom is 0.196 e. The van der Waals surface area contributed by atoms with Crippen LogP contribution in [0.5, 0.6) is 5.75 Å². The number of H-pyrrole nitrogens is 1. The fourth-order valence-electron chi connectivity index (χ4n) is 3.19. The first-order valence-electron chi connectivity index (χ1n) is 9.00. The third-order valence-corrected chi connectivity index (χ3v) is 5.63. The van der Waals surface area contributed by atoms with Crippen molar-refractivity contribution >= 4 is 28.4 Å². The lowest BCUT2D eigenvalue weighted by Gasteiger charge is -2.07. The summed E-state index contributed by atoms with van der Waals surface area (Å²) >= 11 is 1.38. The van der Waals surface area contributed by atoms with Crippen molar-refractivity contribution < 1.29 is 9.53 Å². The Morgan fingerprint density at radius 2 is 2.04 bits per heavy atom. The molecule has 0 aliphatic carbocycles. The molecule has 0 saturated heterocycles. The van der Waals surface area contributed by atoms with Gasteiger partial charge in [0.2, 0.25) is 0 Å². The number of hydrogen-bond acceptors (Lipinski definition) is 5. The normalized spacial score (nSPS) is 11.1. The molecule has 7 heteroatoms. The van der Waals surface area contributed by atoms with Crippen LogP contribution < -0.4 is 4.74 Å². The quantitative estimate of drug-likeness (QED) is 0.375. The largest absolute Gasteiger partial charge is 0.497 e. The number of aromatic nitrogens is 4. The van der Waals surface area contributed by atoms with E-state index in [2.05, 4.69) is 28.2 Å². The lowest BCUT2D eigenvalue weighted by atomic mass is 10.1. The van der Waals surface area contributed by atoms with Crippen molar-refractivity contribution in [1.29, 1.82) is 0 Å². The van der Waals surface area contributed by atoms with Gasteiger partial charge in [0.1, 0.15) is 12.1 Å². The van der Waals surface area contributed by atoms with Gasteiger partial charge in [-0.2, -0.15) is 0 Å². The predicted octanol–water partition coefficient (Wildman–Crippen LogP) is 4.29. The third kappa shape index (κ3) is 3.41. The SMILES string of the molecule is CCc1cccc2c(C(=O)CSc3nncn3-c3ccc(OC)cc3)c[nH]c12. The fraction of sp³-hybridized carbons (Fsp3) is 0.190. The van der Waals surface area contributed by atoms with E-state index in [-0.39, 0.29) is 11.5 Å². The summed E-state index contributed by atoms with van der Waals surface area (Å²) in [5, 5.41) is 9.81. The van der Waals surface area contributed by atoms with E-state index >= 15 is 0 Å². The summed E-state index contributed by atoms with van der Waals surface area (Å²) in [4.78, 5) is 16.1. The van der Waals surface area contributed by atoms with Gasteiger partial charge in [-0.15, -0.1) is 10.2 Å². The van der Waals surface area contributed by atoms with Gasteiger partial charge in [-0.1, -0.05) is 36.9 Å². The van der Waals surface area contributed by atoms with Crippen LogP contribution in [0.4, 0.5) is 0 Å². The van der Waals surface area contributed by atoms with Crippen LogP contribution in [0, 0.1) is 0 Å². The molecule has 0 unspecified atom stereocenters. The van der Waals surface area contributed by atoms with E-state index in [4.69, 9.17) is 4.74 Å². The van der Waals surface area contributed by atoms with Crippen molar-refractivity contribution in [2.75, 3.05) is 12.9 Å². The zero-order valence-corrected chi connectivity index (χ0v) is 16.5. The summed E-state index contributed by atoms with van der Waals surface area (Å²) in [6.07, 6.45) is 4.37. The van der Waals surface area contributed by atoms with Gasteiger partial charge in [0.05, 0.1) is 12.9 Å². The molecule has 1 N–H and O–H groups in total. The van der Waals surface area contributed by atoms with Crippen molar-refractivity contribution in [2.24, 2.45) is 0 Å². The molecule has 0 atom stereocenters. The molecular formula is C21H20N4O2S. The Labute approximate surface area is 166 Å². The first-order valence-corrected chi connectivity index (χ1v) is 9.99.